The first-order chi connectivity index (χ1) is 10.8. The molecule has 2 aromatic rings. The zero-order valence-electron chi connectivity index (χ0n) is 11.6. The third kappa shape index (κ3) is 1.81. The summed E-state index contributed by atoms with van der Waals surface area (Å²) in [5, 5.41) is 5.62. The fourth-order valence-corrected chi connectivity index (χ4v) is 2.95. The van der Waals surface area contributed by atoms with E-state index in [0.717, 1.165) is 11.4 Å². The highest BCUT2D eigenvalue weighted by Gasteiger charge is 2.52. The number of carbonyl (C=O) groups excluding carboxylic acids is 2. The van der Waals surface area contributed by atoms with E-state index in [2.05, 4.69) is 10.6 Å². The molecular formula is C16H14N4O2. The Hall–Kier alpha value is -3.02. The topological polar surface area (TPSA) is 64.7 Å². The lowest BCUT2D eigenvalue weighted by Crippen LogP contribution is -2.43. The number of hydrogen-bond donors (Lipinski definition) is 2. The molecule has 2 atom stereocenters. The van der Waals surface area contributed by atoms with Gasteiger partial charge in [-0.25, -0.2) is 9.59 Å². The van der Waals surface area contributed by atoms with Gasteiger partial charge in [-0.05, 0) is 24.3 Å². The van der Waals surface area contributed by atoms with Crippen LogP contribution in [0.5, 0.6) is 0 Å². The van der Waals surface area contributed by atoms with Crippen LogP contribution in [0.25, 0.3) is 0 Å². The van der Waals surface area contributed by atoms with Crippen molar-refractivity contribution in [3.8, 4) is 0 Å². The van der Waals surface area contributed by atoms with Gasteiger partial charge < -0.3 is 10.6 Å². The predicted molar refractivity (Wildman–Crippen MR) is 82.5 cm³/mol. The molecule has 6 heteroatoms. The fourth-order valence-electron chi connectivity index (χ4n) is 2.95. The van der Waals surface area contributed by atoms with Crippen molar-refractivity contribution in [1.82, 2.24) is 10.6 Å². The fraction of sp³-hybridized carbons (Fsp3) is 0.125. The third-order valence-electron chi connectivity index (χ3n) is 3.89. The number of amides is 4. The third-order valence-corrected chi connectivity index (χ3v) is 3.89. The SMILES string of the molecule is O=C1NC2C(N1)N(c1ccccc1)C(=O)N2c1ccccc1. The van der Waals surface area contributed by atoms with Crippen LogP contribution in [0.15, 0.2) is 60.7 Å². The molecular weight excluding hydrogens is 280 g/mol. The number of carbonyl (C=O) groups is 2. The summed E-state index contributed by atoms with van der Waals surface area (Å²) < 4.78 is 0. The van der Waals surface area contributed by atoms with E-state index in [9.17, 15) is 9.59 Å². The molecule has 2 unspecified atom stereocenters. The molecule has 2 fully saturated rings. The Balaban J connectivity index is 1.78. The van der Waals surface area contributed by atoms with Crippen LogP contribution in [0.1, 0.15) is 0 Å². The quantitative estimate of drug-likeness (QED) is 0.891. The van der Waals surface area contributed by atoms with Crippen LogP contribution in [-0.4, -0.2) is 24.4 Å². The highest BCUT2D eigenvalue weighted by Crippen LogP contribution is 2.32. The maximum absolute atomic E-state index is 12.9. The Morgan fingerprint density at radius 2 is 1.09 bits per heavy atom. The van der Waals surface area contributed by atoms with Crippen LogP contribution in [0, 0.1) is 0 Å². The van der Waals surface area contributed by atoms with E-state index < -0.39 is 12.3 Å². The lowest BCUT2D eigenvalue weighted by molar-refractivity contribution is 0.244. The number of para-hydroxylation sites is 2. The Morgan fingerprint density at radius 1 is 0.682 bits per heavy atom. The smallest absolute Gasteiger partial charge is 0.314 e. The van der Waals surface area contributed by atoms with Crippen molar-refractivity contribution >= 4 is 23.4 Å². The van der Waals surface area contributed by atoms with Crippen LogP contribution in [0.4, 0.5) is 21.0 Å². The maximum atomic E-state index is 12.9. The van der Waals surface area contributed by atoms with E-state index in [4.69, 9.17) is 0 Å². The van der Waals surface area contributed by atoms with Crippen molar-refractivity contribution in [3.05, 3.63) is 60.7 Å². The summed E-state index contributed by atoms with van der Waals surface area (Å²) in [5.41, 5.74) is 1.51. The molecule has 2 N–H and O–H groups in total. The molecule has 0 aliphatic carbocycles. The number of rotatable bonds is 2. The summed E-state index contributed by atoms with van der Waals surface area (Å²) in [6.07, 6.45) is -0.856. The van der Waals surface area contributed by atoms with Crippen molar-refractivity contribution < 1.29 is 9.59 Å². The second-order valence-electron chi connectivity index (χ2n) is 5.20. The number of nitrogens with one attached hydrogen (secondary N) is 2. The van der Waals surface area contributed by atoms with Gasteiger partial charge in [-0.2, -0.15) is 0 Å². The summed E-state index contributed by atoms with van der Waals surface area (Å²) in [4.78, 5) is 27.8. The molecule has 22 heavy (non-hydrogen) atoms. The molecule has 0 radical (unpaired) electrons. The summed E-state index contributed by atoms with van der Waals surface area (Å²) in [6, 6.07) is 18.2. The van der Waals surface area contributed by atoms with E-state index >= 15 is 0 Å². The Kier molecular flexibility index (Phi) is 2.75. The van der Waals surface area contributed by atoms with Crippen molar-refractivity contribution in [2.75, 3.05) is 9.80 Å². The van der Waals surface area contributed by atoms with Crippen molar-refractivity contribution in [3.63, 3.8) is 0 Å². The molecule has 4 rings (SSSR count). The average Bonchev–Trinajstić information content (AvgIpc) is 3.02. The number of nitrogens with zero attached hydrogens (tertiary/aromatic N) is 2. The van der Waals surface area contributed by atoms with Gasteiger partial charge in [-0.1, -0.05) is 36.4 Å². The van der Waals surface area contributed by atoms with E-state index in [0.29, 0.717) is 0 Å². The largest absolute Gasteiger partial charge is 0.332 e. The molecule has 6 nitrogen and oxygen atoms in total. The van der Waals surface area contributed by atoms with Crippen LogP contribution in [-0.2, 0) is 0 Å². The molecule has 2 aromatic carbocycles. The average molecular weight is 294 g/mol. The molecule has 2 heterocycles. The van der Waals surface area contributed by atoms with E-state index in [1.807, 2.05) is 60.7 Å². The monoisotopic (exact) mass is 294 g/mol. The Bertz CT molecular complexity index is 660. The minimum absolute atomic E-state index is 0.167. The van der Waals surface area contributed by atoms with Gasteiger partial charge >= 0.3 is 12.1 Å². The molecule has 0 spiro atoms. The van der Waals surface area contributed by atoms with E-state index in [1.165, 1.54) is 0 Å². The predicted octanol–water partition coefficient (Wildman–Crippen LogP) is 2.10. The lowest BCUT2D eigenvalue weighted by atomic mass is 10.2. The first-order valence-electron chi connectivity index (χ1n) is 7.05. The molecule has 110 valence electrons. The van der Waals surface area contributed by atoms with E-state index in [1.54, 1.807) is 9.80 Å². The number of fused-ring (bicyclic) bond motifs is 1. The molecule has 2 aliphatic rings. The Labute approximate surface area is 127 Å². The van der Waals surface area contributed by atoms with Crippen LogP contribution >= 0.6 is 0 Å². The lowest BCUT2D eigenvalue weighted by Gasteiger charge is -2.22. The molecule has 2 saturated heterocycles. The van der Waals surface area contributed by atoms with Gasteiger partial charge in [0.15, 0.2) is 12.3 Å². The highest BCUT2D eigenvalue weighted by molar-refractivity contribution is 6.09. The molecule has 0 saturated carbocycles. The van der Waals surface area contributed by atoms with Crippen molar-refractivity contribution in [2.24, 2.45) is 0 Å². The molecule has 0 aromatic heterocycles. The maximum Gasteiger partial charge on any atom is 0.332 e. The van der Waals surface area contributed by atoms with Gasteiger partial charge in [0.1, 0.15) is 0 Å². The second-order valence-corrected chi connectivity index (χ2v) is 5.20. The molecule has 0 bridgehead atoms. The number of anilines is 2. The minimum Gasteiger partial charge on any atom is -0.314 e. The van der Waals surface area contributed by atoms with Gasteiger partial charge in [0.05, 0.1) is 0 Å². The van der Waals surface area contributed by atoms with Gasteiger partial charge in [0.2, 0.25) is 0 Å². The summed E-state index contributed by atoms with van der Waals surface area (Å²) >= 11 is 0. The molecule has 4 amide bonds. The van der Waals surface area contributed by atoms with Crippen molar-refractivity contribution in [2.45, 2.75) is 12.3 Å². The first-order valence-corrected chi connectivity index (χ1v) is 7.05. The van der Waals surface area contributed by atoms with Gasteiger partial charge in [0.25, 0.3) is 0 Å². The zero-order chi connectivity index (χ0) is 15.1. The summed E-state index contributed by atoms with van der Waals surface area (Å²) in [6.45, 7) is 0. The highest BCUT2D eigenvalue weighted by atomic mass is 16.2. The second kappa shape index (κ2) is 4.77. The zero-order valence-corrected chi connectivity index (χ0v) is 11.6. The summed E-state index contributed by atoms with van der Waals surface area (Å²) in [5.74, 6) is 0. The number of benzene rings is 2. The molecule has 2 aliphatic heterocycles. The van der Waals surface area contributed by atoms with Crippen molar-refractivity contribution in [1.29, 1.82) is 0 Å². The Morgan fingerprint density at radius 3 is 1.50 bits per heavy atom. The standard InChI is InChI=1S/C16H14N4O2/c21-15-17-13-14(18-15)20(12-9-5-2-6-10-12)16(22)19(13)11-7-3-1-4-8-11/h1-10,13-14H,(H2,17,18,21). The van der Waals surface area contributed by atoms with Crippen LogP contribution in [0.2, 0.25) is 0 Å². The summed E-state index contributed by atoms with van der Waals surface area (Å²) in [7, 11) is 0. The number of urea groups is 2. The minimum atomic E-state index is -0.428. The van der Waals surface area contributed by atoms with Gasteiger partial charge in [-0.15, -0.1) is 0 Å². The first kappa shape index (κ1) is 12.7. The van der Waals surface area contributed by atoms with Gasteiger partial charge in [-0.3, -0.25) is 9.80 Å². The number of hydrogen-bond acceptors (Lipinski definition) is 2. The van der Waals surface area contributed by atoms with E-state index in [-0.39, 0.29) is 12.1 Å². The van der Waals surface area contributed by atoms with Gasteiger partial charge in [0, 0.05) is 11.4 Å². The van der Waals surface area contributed by atoms with Crippen LogP contribution < -0.4 is 20.4 Å². The normalized spacial score (nSPS) is 23.3. The van der Waals surface area contributed by atoms with Crippen LogP contribution in [0.3, 0.4) is 0 Å².